The first-order valence-corrected chi connectivity index (χ1v) is 10.9. The van der Waals surface area contributed by atoms with Crippen LogP contribution in [0.4, 0.5) is 13.2 Å². The number of nitrogens with zero attached hydrogens (tertiary/aromatic N) is 3. The van der Waals surface area contributed by atoms with Gasteiger partial charge < -0.3 is 14.6 Å². The smallest absolute Gasteiger partial charge is 0.425 e. The normalized spacial score (nSPS) is 19.7. The van der Waals surface area contributed by atoms with Crippen molar-refractivity contribution in [1.29, 1.82) is 0 Å². The predicted molar refractivity (Wildman–Crippen MR) is 108 cm³/mol. The van der Waals surface area contributed by atoms with Crippen LogP contribution < -0.4 is 10.1 Å². The van der Waals surface area contributed by atoms with Gasteiger partial charge in [-0.3, -0.25) is 9.78 Å². The molecule has 7 nitrogen and oxygen atoms in total. The van der Waals surface area contributed by atoms with E-state index in [1.807, 2.05) is 6.92 Å². The molecule has 0 aromatic carbocycles. The fraction of sp³-hybridized carbons (Fsp3) is 0.636. The van der Waals surface area contributed by atoms with E-state index in [0.29, 0.717) is 29.6 Å². The largest absolute Gasteiger partial charge is 0.481 e. The Morgan fingerprint density at radius 3 is 2.56 bits per heavy atom. The van der Waals surface area contributed by atoms with Crippen molar-refractivity contribution in [2.24, 2.45) is 5.92 Å². The molecule has 4 rings (SSSR count). The lowest BCUT2D eigenvalue weighted by Gasteiger charge is -2.30. The molecule has 174 valence electrons. The van der Waals surface area contributed by atoms with Gasteiger partial charge >= 0.3 is 6.18 Å². The van der Waals surface area contributed by atoms with Crippen LogP contribution in [0.25, 0.3) is 0 Å². The summed E-state index contributed by atoms with van der Waals surface area (Å²) in [6.45, 7) is 4.44. The number of carbonyl (C=O) groups excluding carboxylic acids is 1. The highest BCUT2D eigenvalue weighted by Gasteiger charge is 2.41. The molecule has 32 heavy (non-hydrogen) atoms. The van der Waals surface area contributed by atoms with E-state index in [9.17, 15) is 18.0 Å². The SMILES string of the molecule is Cc1nc(C(C)(CC2CC2)NC(=O)c2cc(OC(C)C(F)(F)F)c(C3CCC3)cn2)no1. The van der Waals surface area contributed by atoms with Crippen LogP contribution in [0.2, 0.25) is 0 Å². The van der Waals surface area contributed by atoms with E-state index in [0.717, 1.165) is 39.0 Å². The average Bonchev–Trinajstić information content (AvgIpc) is 3.36. The number of aryl methyl sites for hydroxylation is 1. The minimum Gasteiger partial charge on any atom is -0.481 e. The lowest BCUT2D eigenvalue weighted by molar-refractivity contribution is -0.189. The van der Waals surface area contributed by atoms with Gasteiger partial charge in [-0.05, 0) is 44.9 Å². The predicted octanol–water partition coefficient (Wildman–Crippen LogP) is 4.82. The minimum absolute atomic E-state index is 0.0142. The summed E-state index contributed by atoms with van der Waals surface area (Å²) < 4.78 is 49.7. The molecule has 2 aliphatic rings. The lowest BCUT2D eigenvalue weighted by atomic mass is 9.80. The number of carbonyl (C=O) groups is 1. The van der Waals surface area contributed by atoms with Crippen LogP contribution in [0.3, 0.4) is 0 Å². The standard InChI is InChI=1S/C22H27F3N4O3/c1-12(22(23,24)25)31-18-9-17(26-11-16(18)15-5-4-6-15)19(30)28-21(3,10-14-7-8-14)20-27-13(2)32-29-20/h9,11-12,14-15H,4-8,10H2,1-3H3,(H,28,30). The Hall–Kier alpha value is -2.65. The van der Waals surface area contributed by atoms with Gasteiger partial charge in [0.2, 0.25) is 5.89 Å². The van der Waals surface area contributed by atoms with Gasteiger partial charge in [-0.25, -0.2) is 0 Å². The Morgan fingerprint density at radius 2 is 2.03 bits per heavy atom. The molecule has 0 saturated heterocycles. The summed E-state index contributed by atoms with van der Waals surface area (Å²) in [5.74, 6) is 0.816. The van der Waals surface area contributed by atoms with Crippen molar-refractivity contribution in [3.8, 4) is 5.75 Å². The van der Waals surface area contributed by atoms with Crippen molar-refractivity contribution >= 4 is 5.91 Å². The van der Waals surface area contributed by atoms with E-state index in [2.05, 4.69) is 20.4 Å². The Kier molecular flexibility index (Phi) is 5.89. The third-order valence-electron chi connectivity index (χ3n) is 6.24. The number of hydrogen-bond acceptors (Lipinski definition) is 6. The van der Waals surface area contributed by atoms with Gasteiger partial charge in [-0.1, -0.05) is 24.4 Å². The molecule has 0 aliphatic heterocycles. The Labute approximate surface area is 184 Å². The molecule has 2 saturated carbocycles. The van der Waals surface area contributed by atoms with Crippen molar-refractivity contribution in [2.75, 3.05) is 0 Å². The van der Waals surface area contributed by atoms with Gasteiger partial charge in [-0.15, -0.1) is 0 Å². The average molecular weight is 452 g/mol. The maximum Gasteiger partial charge on any atom is 0.425 e. The number of nitrogens with one attached hydrogen (secondary N) is 1. The number of ether oxygens (including phenoxy) is 1. The molecule has 2 atom stereocenters. The zero-order valence-electron chi connectivity index (χ0n) is 18.3. The second kappa shape index (κ2) is 8.37. The Morgan fingerprint density at radius 1 is 1.31 bits per heavy atom. The highest BCUT2D eigenvalue weighted by atomic mass is 19.4. The first-order valence-electron chi connectivity index (χ1n) is 10.9. The van der Waals surface area contributed by atoms with Gasteiger partial charge in [0.1, 0.15) is 17.0 Å². The second-order valence-electron chi connectivity index (χ2n) is 9.11. The van der Waals surface area contributed by atoms with Crippen molar-refractivity contribution < 1.29 is 27.2 Å². The molecule has 1 amide bonds. The summed E-state index contributed by atoms with van der Waals surface area (Å²) in [7, 11) is 0. The van der Waals surface area contributed by atoms with E-state index >= 15 is 0 Å². The van der Waals surface area contributed by atoms with Crippen LogP contribution in [0.15, 0.2) is 16.8 Å². The number of aromatic nitrogens is 3. The molecular weight excluding hydrogens is 425 g/mol. The summed E-state index contributed by atoms with van der Waals surface area (Å²) in [4.78, 5) is 21.6. The van der Waals surface area contributed by atoms with Crippen molar-refractivity contribution in [1.82, 2.24) is 20.4 Å². The zero-order valence-corrected chi connectivity index (χ0v) is 18.3. The molecule has 0 bridgehead atoms. The highest BCUT2D eigenvalue weighted by molar-refractivity contribution is 5.93. The maximum atomic E-state index is 13.1. The van der Waals surface area contributed by atoms with Crippen molar-refractivity contribution in [3.63, 3.8) is 0 Å². The molecule has 1 N–H and O–H groups in total. The topological polar surface area (TPSA) is 90.1 Å². The van der Waals surface area contributed by atoms with Gasteiger partial charge in [0.15, 0.2) is 11.9 Å². The van der Waals surface area contributed by atoms with Gasteiger partial charge in [0.25, 0.3) is 5.91 Å². The molecule has 2 unspecified atom stereocenters. The molecule has 0 radical (unpaired) electrons. The first kappa shape index (κ1) is 22.5. The van der Waals surface area contributed by atoms with Gasteiger partial charge in [-0.2, -0.15) is 18.2 Å². The highest BCUT2D eigenvalue weighted by Crippen LogP contribution is 2.42. The molecule has 2 aromatic heterocycles. The van der Waals surface area contributed by atoms with E-state index in [1.54, 1.807) is 6.92 Å². The molecule has 2 heterocycles. The number of halogens is 3. The van der Waals surface area contributed by atoms with Crippen LogP contribution in [0.1, 0.15) is 86.1 Å². The summed E-state index contributed by atoms with van der Waals surface area (Å²) in [6.07, 6.45) is 0.435. The molecule has 10 heteroatoms. The van der Waals surface area contributed by atoms with Crippen LogP contribution >= 0.6 is 0 Å². The zero-order chi connectivity index (χ0) is 23.1. The van der Waals surface area contributed by atoms with E-state index in [-0.39, 0.29) is 17.4 Å². The van der Waals surface area contributed by atoms with Crippen molar-refractivity contribution in [2.45, 2.75) is 83.0 Å². The fourth-order valence-electron chi connectivity index (χ4n) is 3.89. The van der Waals surface area contributed by atoms with E-state index in [1.165, 1.54) is 12.3 Å². The van der Waals surface area contributed by atoms with Crippen LogP contribution in [0, 0.1) is 12.8 Å². The monoisotopic (exact) mass is 452 g/mol. The minimum atomic E-state index is -4.51. The van der Waals surface area contributed by atoms with Gasteiger partial charge in [0.05, 0.1) is 0 Å². The summed E-state index contributed by atoms with van der Waals surface area (Å²) in [5, 5.41) is 6.92. The maximum absolute atomic E-state index is 13.1. The molecule has 0 spiro atoms. The quantitative estimate of drug-likeness (QED) is 0.618. The molecule has 2 fully saturated rings. The van der Waals surface area contributed by atoms with E-state index < -0.39 is 23.7 Å². The second-order valence-corrected chi connectivity index (χ2v) is 9.11. The number of rotatable bonds is 8. The summed E-state index contributed by atoms with van der Waals surface area (Å²) in [5.41, 5.74) is -0.289. The lowest BCUT2D eigenvalue weighted by Crippen LogP contribution is -2.45. The molecular formula is C22H27F3N4O3. The Balaban J connectivity index is 1.60. The summed E-state index contributed by atoms with van der Waals surface area (Å²) in [6, 6.07) is 1.31. The molecule has 2 aromatic rings. The summed E-state index contributed by atoms with van der Waals surface area (Å²) >= 11 is 0. The number of amides is 1. The fourth-order valence-corrected chi connectivity index (χ4v) is 3.89. The van der Waals surface area contributed by atoms with Crippen LogP contribution in [-0.2, 0) is 5.54 Å². The molecule has 2 aliphatic carbocycles. The third-order valence-corrected chi connectivity index (χ3v) is 6.24. The van der Waals surface area contributed by atoms with Crippen LogP contribution in [-0.4, -0.2) is 33.3 Å². The van der Waals surface area contributed by atoms with Gasteiger partial charge in [0, 0.05) is 24.8 Å². The number of pyridine rings is 1. The first-order chi connectivity index (χ1) is 15.0. The van der Waals surface area contributed by atoms with E-state index in [4.69, 9.17) is 9.26 Å². The third kappa shape index (κ3) is 4.88. The Bertz CT molecular complexity index is 985. The number of hydrogen-bond donors (Lipinski definition) is 1. The van der Waals surface area contributed by atoms with Crippen LogP contribution in [0.5, 0.6) is 5.75 Å². The van der Waals surface area contributed by atoms with Crippen molar-refractivity contribution in [3.05, 3.63) is 35.2 Å². The number of alkyl halides is 3.